The lowest BCUT2D eigenvalue weighted by Crippen LogP contribution is -2.51. The fraction of sp³-hybridized carbons (Fsp3) is 0.857. The zero-order valence-corrected chi connectivity index (χ0v) is 7.70. The zero-order chi connectivity index (χ0) is 9.14. The summed E-state index contributed by atoms with van der Waals surface area (Å²) in [5, 5.41) is 3.23. The van der Waals surface area contributed by atoms with Crippen LogP contribution in [0.15, 0.2) is 0 Å². The maximum absolute atomic E-state index is 11.1. The van der Waals surface area contributed by atoms with Crippen molar-refractivity contribution < 1.29 is 9.53 Å². The van der Waals surface area contributed by atoms with Gasteiger partial charge in [-0.1, -0.05) is 0 Å². The molecule has 5 nitrogen and oxygen atoms in total. The van der Waals surface area contributed by atoms with Gasteiger partial charge in [-0.05, 0) is 12.8 Å². The Morgan fingerprint density at radius 3 is 2.50 bits per heavy atom. The molecule has 0 aliphatic heterocycles. The van der Waals surface area contributed by atoms with Crippen LogP contribution in [0.3, 0.4) is 0 Å². The molecule has 0 aromatic carbocycles. The van der Waals surface area contributed by atoms with Crippen LogP contribution in [0.4, 0.5) is 4.79 Å². The van der Waals surface area contributed by atoms with Crippen LogP contribution >= 0.6 is 0 Å². The van der Waals surface area contributed by atoms with Crippen LogP contribution in [0, 0.1) is 0 Å². The molecule has 0 heterocycles. The van der Waals surface area contributed by atoms with Crippen molar-refractivity contribution in [2.75, 3.05) is 21.2 Å². The largest absolute Gasteiger partial charge is 0.452 e. The lowest BCUT2D eigenvalue weighted by Gasteiger charge is -2.29. The molecule has 5 heteroatoms. The monoisotopic (exact) mass is 173 g/mol. The van der Waals surface area contributed by atoms with Crippen molar-refractivity contribution >= 4 is 6.09 Å². The zero-order valence-electron chi connectivity index (χ0n) is 7.70. The van der Waals surface area contributed by atoms with Gasteiger partial charge in [-0.15, -0.1) is 5.12 Å². The van der Waals surface area contributed by atoms with E-state index in [4.69, 9.17) is 0 Å². The van der Waals surface area contributed by atoms with Gasteiger partial charge in [0.25, 0.3) is 0 Å². The number of nitrogens with zero attached hydrogens (tertiary/aromatic N) is 2. The van der Waals surface area contributed by atoms with Gasteiger partial charge >= 0.3 is 6.09 Å². The van der Waals surface area contributed by atoms with E-state index in [1.54, 1.807) is 19.2 Å². The molecule has 1 aliphatic carbocycles. The Hall–Kier alpha value is -0.810. The second kappa shape index (κ2) is 3.73. The maximum Gasteiger partial charge on any atom is 0.425 e. The molecule has 0 aromatic heterocycles. The third-order valence-corrected chi connectivity index (χ3v) is 1.88. The first-order valence-electron chi connectivity index (χ1n) is 3.99. The molecule has 0 unspecified atom stereocenters. The second-order valence-corrected chi connectivity index (χ2v) is 2.79. The minimum Gasteiger partial charge on any atom is -0.452 e. The number of methoxy groups -OCH3 is 1. The van der Waals surface area contributed by atoms with E-state index in [2.05, 4.69) is 10.2 Å². The molecule has 0 aromatic rings. The van der Waals surface area contributed by atoms with E-state index >= 15 is 0 Å². The Labute approximate surface area is 72.2 Å². The Balaban J connectivity index is 2.46. The minimum absolute atomic E-state index is 0.351. The van der Waals surface area contributed by atoms with Crippen molar-refractivity contribution in [3.8, 4) is 0 Å². The number of hydrazine groups is 2. The van der Waals surface area contributed by atoms with E-state index in [0.29, 0.717) is 6.04 Å². The average molecular weight is 173 g/mol. The standard InChI is InChI=1S/C7H15N3O2/c1-8-10(6-4-5-6)9(2)7(11)12-3/h6,8H,4-5H2,1-3H3. The van der Waals surface area contributed by atoms with Gasteiger partial charge in [0.05, 0.1) is 7.11 Å². The summed E-state index contributed by atoms with van der Waals surface area (Å²) in [6.45, 7) is 0. The van der Waals surface area contributed by atoms with Crippen LogP contribution in [0.25, 0.3) is 0 Å². The summed E-state index contributed by atoms with van der Waals surface area (Å²) < 4.78 is 4.58. The Morgan fingerprint density at radius 1 is 1.58 bits per heavy atom. The van der Waals surface area contributed by atoms with Crippen LogP contribution in [-0.4, -0.2) is 43.5 Å². The van der Waals surface area contributed by atoms with Crippen LogP contribution in [0.1, 0.15) is 12.8 Å². The van der Waals surface area contributed by atoms with Gasteiger partial charge in [0.2, 0.25) is 0 Å². The Morgan fingerprint density at radius 2 is 2.17 bits per heavy atom. The lowest BCUT2D eigenvalue weighted by molar-refractivity contribution is -0.0376. The Kier molecular flexibility index (Phi) is 2.88. The van der Waals surface area contributed by atoms with Crippen LogP contribution in [0.2, 0.25) is 0 Å². The van der Waals surface area contributed by atoms with E-state index in [-0.39, 0.29) is 6.09 Å². The summed E-state index contributed by atoms with van der Waals surface area (Å²) in [6.07, 6.45) is 1.90. The van der Waals surface area contributed by atoms with Crippen molar-refractivity contribution in [2.45, 2.75) is 18.9 Å². The van der Waals surface area contributed by atoms with Gasteiger partial charge in [-0.2, -0.15) is 0 Å². The molecule has 1 saturated carbocycles. The van der Waals surface area contributed by atoms with Crippen molar-refractivity contribution in [3.05, 3.63) is 0 Å². The first kappa shape index (κ1) is 9.28. The van der Waals surface area contributed by atoms with E-state index in [1.807, 2.05) is 0 Å². The van der Waals surface area contributed by atoms with Gasteiger partial charge in [0.1, 0.15) is 0 Å². The van der Waals surface area contributed by atoms with Crippen molar-refractivity contribution in [1.29, 1.82) is 0 Å². The number of hydrogen-bond acceptors (Lipinski definition) is 4. The predicted octanol–water partition coefficient (Wildman–Crippen LogP) is 0.198. The van der Waals surface area contributed by atoms with E-state index in [1.165, 1.54) is 12.1 Å². The molecule has 1 fully saturated rings. The summed E-state index contributed by atoms with van der Waals surface area (Å²) in [6, 6.07) is 0.444. The topological polar surface area (TPSA) is 44.8 Å². The molecule has 1 aliphatic rings. The summed E-state index contributed by atoms with van der Waals surface area (Å²) in [7, 11) is 4.85. The maximum atomic E-state index is 11.1. The van der Waals surface area contributed by atoms with Crippen molar-refractivity contribution in [1.82, 2.24) is 15.6 Å². The minimum atomic E-state index is -0.351. The van der Waals surface area contributed by atoms with Crippen molar-refractivity contribution in [2.24, 2.45) is 0 Å². The molecule has 0 bridgehead atoms. The fourth-order valence-electron chi connectivity index (χ4n) is 1.12. The molecular weight excluding hydrogens is 158 g/mol. The SMILES string of the molecule is CNN(C1CC1)N(C)C(=O)OC. The quantitative estimate of drug-likeness (QED) is 0.619. The highest BCUT2D eigenvalue weighted by Crippen LogP contribution is 2.25. The van der Waals surface area contributed by atoms with Crippen LogP contribution in [0.5, 0.6) is 0 Å². The number of amides is 1. The highest BCUT2D eigenvalue weighted by molar-refractivity contribution is 5.66. The summed E-state index contributed by atoms with van der Waals surface area (Å²) >= 11 is 0. The number of carbonyl (C=O) groups excluding carboxylic acids is 1. The number of nitrogens with one attached hydrogen (secondary N) is 1. The third-order valence-electron chi connectivity index (χ3n) is 1.88. The first-order chi connectivity index (χ1) is 5.70. The molecule has 1 N–H and O–H groups in total. The summed E-state index contributed by atoms with van der Waals surface area (Å²) in [5.74, 6) is 0. The van der Waals surface area contributed by atoms with E-state index in [9.17, 15) is 4.79 Å². The molecule has 1 rings (SSSR count). The number of hydrogen-bond donors (Lipinski definition) is 1. The highest BCUT2D eigenvalue weighted by atomic mass is 16.5. The average Bonchev–Trinajstić information content (AvgIpc) is 2.88. The predicted molar refractivity (Wildman–Crippen MR) is 44.1 cm³/mol. The normalized spacial score (nSPS) is 16.3. The second-order valence-electron chi connectivity index (χ2n) is 2.79. The highest BCUT2D eigenvalue weighted by Gasteiger charge is 2.33. The third kappa shape index (κ3) is 1.86. The number of rotatable bonds is 3. The van der Waals surface area contributed by atoms with Gasteiger partial charge < -0.3 is 4.74 Å². The molecule has 0 atom stereocenters. The van der Waals surface area contributed by atoms with Crippen molar-refractivity contribution in [3.63, 3.8) is 0 Å². The van der Waals surface area contributed by atoms with Crippen LogP contribution < -0.4 is 5.43 Å². The molecule has 0 spiro atoms. The number of carbonyl (C=O) groups is 1. The van der Waals surface area contributed by atoms with E-state index < -0.39 is 0 Å². The summed E-state index contributed by atoms with van der Waals surface area (Å²) in [5.41, 5.74) is 2.94. The molecular formula is C7H15N3O2. The first-order valence-corrected chi connectivity index (χ1v) is 3.99. The Bertz CT molecular complexity index is 170. The van der Waals surface area contributed by atoms with Crippen LogP contribution in [-0.2, 0) is 4.74 Å². The summed E-state index contributed by atoms with van der Waals surface area (Å²) in [4.78, 5) is 11.1. The molecule has 0 radical (unpaired) electrons. The van der Waals surface area contributed by atoms with Gasteiger partial charge in [-0.25, -0.2) is 15.2 Å². The molecule has 0 saturated heterocycles. The fourth-order valence-corrected chi connectivity index (χ4v) is 1.12. The van der Waals surface area contributed by atoms with Gasteiger partial charge in [0, 0.05) is 20.1 Å². The smallest absolute Gasteiger partial charge is 0.425 e. The molecule has 70 valence electrons. The van der Waals surface area contributed by atoms with Gasteiger partial charge in [-0.3, -0.25) is 0 Å². The molecule has 12 heavy (non-hydrogen) atoms. The van der Waals surface area contributed by atoms with E-state index in [0.717, 1.165) is 12.8 Å². The molecule has 1 amide bonds. The lowest BCUT2D eigenvalue weighted by atomic mass is 10.7. The van der Waals surface area contributed by atoms with Gasteiger partial charge in [0.15, 0.2) is 0 Å². The number of ether oxygens (including phenoxy) is 1.